The molecule has 0 radical (unpaired) electrons. The van der Waals surface area contributed by atoms with Crippen molar-refractivity contribution in [2.24, 2.45) is 11.1 Å². The molecule has 0 aliphatic carbocycles. The van der Waals surface area contributed by atoms with E-state index >= 15 is 0 Å². The Balaban J connectivity index is 2.31. The van der Waals surface area contributed by atoms with Gasteiger partial charge in [0.25, 0.3) is 0 Å². The zero-order valence-electron chi connectivity index (χ0n) is 11.9. The van der Waals surface area contributed by atoms with E-state index < -0.39 is 0 Å². The van der Waals surface area contributed by atoms with Crippen molar-refractivity contribution in [1.29, 1.82) is 0 Å². The molecule has 0 unspecified atom stereocenters. The molecule has 0 atom stereocenters. The predicted molar refractivity (Wildman–Crippen MR) is 80.9 cm³/mol. The second-order valence-corrected chi connectivity index (χ2v) is 6.42. The van der Waals surface area contributed by atoms with Crippen LogP contribution in [-0.2, 0) is 10.5 Å². The number of nitrogens with zero attached hydrogens (tertiary/aromatic N) is 2. The molecule has 1 rings (SSSR count). The van der Waals surface area contributed by atoms with Crippen LogP contribution < -0.4 is 5.73 Å². The van der Waals surface area contributed by atoms with Crippen molar-refractivity contribution in [2.45, 2.75) is 19.6 Å². The molecule has 0 aliphatic heterocycles. The second kappa shape index (κ2) is 7.50. The Labute approximate surface area is 119 Å². The van der Waals surface area contributed by atoms with E-state index in [0.717, 1.165) is 11.4 Å². The van der Waals surface area contributed by atoms with E-state index in [4.69, 9.17) is 5.73 Å². The molecular formula is C14H23N3OS. The fourth-order valence-corrected chi connectivity index (χ4v) is 2.51. The van der Waals surface area contributed by atoms with Crippen molar-refractivity contribution in [3.63, 3.8) is 0 Å². The first-order valence-corrected chi connectivity index (χ1v) is 7.52. The fraction of sp³-hybridized carbons (Fsp3) is 0.571. The Hall–Kier alpha value is -1.07. The summed E-state index contributed by atoms with van der Waals surface area (Å²) in [7, 11) is 1.83. The van der Waals surface area contributed by atoms with Crippen molar-refractivity contribution in [3.05, 3.63) is 30.1 Å². The highest BCUT2D eigenvalue weighted by atomic mass is 32.2. The van der Waals surface area contributed by atoms with E-state index in [0.29, 0.717) is 18.8 Å². The zero-order chi connectivity index (χ0) is 14.3. The number of pyridine rings is 1. The van der Waals surface area contributed by atoms with E-state index in [-0.39, 0.29) is 11.3 Å². The van der Waals surface area contributed by atoms with Crippen LogP contribution in [-0.4, -0.2) is 41.7 Å². The number of aromatic nitrogens is 1. The third kappa shape index (κ3) is 6.07. The smallest absolute Gasteiger partial charge is 0.232 e. The van der Waals surface area contributed by atoms with Gasteiger partial charge in [-0.1, -0.05) is 19.9 Å². The number of nitrogens with two attached hydrogens (primary N) is 1. The third-order valence-electron chi connectivity index (χ3n) is 2.85. The molecule has 1 amide bonds. The predicted octanol–water partition coefficient (Wildman–Crippen LogP) is 1.76. The first-order chi connectivity index (χ1) is 8.94. The largest absolute Gasteiger partial charge is 0.344 e. The van der Waals surface area contributed by atoms with Crippen LogP contribution in [0.1, 0.15) is 19.5 Å². The SMILES string of the molecule is CN(CC(C)(C)CN)C(=O)CSCc1ccccn1. The van der Waals surface area contributed by atoms with Crippen molar-refractivity contribution >= 4 is 17.7 Å². The van der Waals surface area contributed by atoms with Gasteiger partial charge in [-0.05, 0) is 24.1 Å². The lowest BCUT2D eigenvalue weighted by Gasteiger charge is -2.29. The minimum atomic E-state index is -0.0317. The average molecular weight is 281 g/mol. The maximum absolute atomic E-state index is 12.0. The van der Waals surface area contributed by atoms with Crippen LogP contribution in [0.4, 0.5) is 0 Å². The van der Waals surface area contributed by atoms with Crippen molar-refractivity contribution in [3.8, 4) is 0 Å². The number of carbonyl (C=O) groups excluding carboxylic acids is 1. The normalized spacial score (nSPS) is 11.4. The van der Waals surface area contributed by atoms with Gasteiger partial charge in [0.1, 0.15) is 0 Å². The molecule has 0 aromatic carbocycles. The summed E-state index contributed by atoms with van der Waals surface area (Å²) in [6.45, 7) is 5.40. The van der Waals surface area contributed by atoms with Crippen LogP contribution in [0.5, 0.6) is 0 Å². The number of hydrogen-bond donors (Lipinski definition) is 1. The molecule has 0 fully saturated rings. The minimum absolute atomic E-state index is 0.0317. The lowest BCUT2D eigenvalue weighted by molar-refractivity contribution is -0.128. The van der Waals surface area contributed by atoms with Gasteiger partial charge in [-0.2, -0.15) is 0 Å². The summed E-state index contributed by atoms with van der Waals surface area (Å²) in [5, 5.41) is 0. The molecule has 0 bridgehead atoms. The maximum Gasteiger partial charge on any atom is 0.232 e. The monoisotopic (exact) mass is 281 g/mol. The van der Waals surface area contributed by atoms with E-state index in [2.05, 4.69) is 18.8 Å². The van der Waals surface area contributed by atoms with Gasteiger partial charge in [-0.25, -0.2) is 0 Å². The van der Waals surface area contributed by atoms with Gasteiger partial charge in [-0.3, -0.25) is 9.78 Å². The number of hydrogen-bond acceptors (Lipinski definition) is 4. The summed E-state index contributed by atoms with van der Waals surface area (Å²) in [5.74, 6) is 1.39. The Bertz CT molecular complexity index is 395. The Morgan fingerprint density at radius 2 is 2.21 bits per heavy atom. The summed E-state index contributed by atoms with van der Waals surface area (Å²) < 4.78 is 0. The third-order valence-corrected chi connectivity index (χ3v) is 3.80. The van der Waals surface area contributed by atoms with Crippen molar-refractivity contribution < 1.29 is 4.79 Å². The first-order valence-electron chi connectivity index (χ1n) is 6.36. The zero-order valence-corrected chi connectivity index (χ0v) is 12.7. The molecule has 0 saturated carbocycles. The first kappa shape index (κ1) is 16.0. The quantitative estimate of drug-likeness (QED) is 0.827. The van der Waals surface area contributed by atoms with Gasteiger partial charge in [0.05, 0.1) is 11.4 Å². The molecular weight excluding hydrogens is 258 g/mol. The van der Waals surface area contributed by atoms with Gasteiger partial charge in [0, 0.05) is 25.5 Å². The fourth-order valence-electron chi connectivity index (χ4n) is 1.63. The number of rotatable bonds is 7. The van der Waals surface area contributed by atoms with Crippen LogP contribution in [0, 0.1) is 5.41 Å². The summed E-state index contributed by atoms with van der Waals surface area (Å²) in [6, 6.07) is 5.82. The van der Waals surface area contributed by atoms with Crippen molar-refractivity contribution in [1.82, 2.24) is 9.88 Å². The number of carbonyl (C=O) groups is 1. The molecule has 5 heteroatoms. The minimum Gasteiger partial charge on any atom is -0.344 e. The van der Waals surface area contributed by atoms with Gasteiger partial charge in [-0.15, -0.1) is 11.8 Å². The average Bonchev–Trinajstić information content (AvgIpc) is 2.39. The summed E-state index contributed by atoms with van der Waals surface area (Å²) in [4.78, 5) is 18.0. The maximum atomic E-state index is 12.0. The summed E-state index contributed by atoms with van der Waals surface area (Å²) in [6.07, 6.45) is 1.77. The van der Waals surface area contributed by atoms with Crippen molar-refractivity contribution in [2.75, 3.05) is 25.9 Å². The molecule has 19 heavy (non-hydrogen) atoms. The lowest BCUT2D eigenvalue weighted by Crippen LogP contribution is -2.40. The molecule has 1 heterocycles. The second-order valence-electron chi connectivity index (χ2n) is 5.43. The van der Waals surface area contributed by atoms with Gasteiger partial charge in [0.2, 0.25) is 5.91 Å². The van der Waals surface area contributed by atoms with E-state index in [1.54, 1.807) is 22.9 Å². The molecule has 106 valence electrons. The van der Waals surface area contributed by atoms with Crippen LogP contribution in [0.2, 0.25) is 0 Å². The van der Waals surface area contributed by atoms with E-state index in [1.165, 1.54) is 0 Å². The standard InChI is InChI=1S/C14H23N3OS/c1-14(2,10-15)11-17(3)13(18)9-19-8-12-6-4-5-7-16-12/h4-7H,8-11,15H2,1-3H3. The molecule has 0 spiro atoms. The molecule has 2 N–H and O–H groups in total. The van der Waals surface area contributed by atoms with Gasteiger partial charge in [0.15, 0.2) is 0 Å². The Morgan fingerprint density at radius 1 is 1.47 bits per heavy atom. The molecule has 0 saturated heterocycles. The Morgan fingerprint density at radius 3 is 2.79 bits per heavy atom. The summed E-state index contributed by atoms with van der Waals surface area (Å²) >= 11 is 1.59. The molecule has 1 aromatic heterocycles. The van der Waals surface area contributed by atoms with Gasteiger partial charge < -0.3 is 10.6 Å². The highest BCUT2D eigenvalue weighted by Gasteiger charge is 2.20. The van der Waals surface area contributed by atoms with Crippen LogP contribution in [0.3, 0.4) is 0 Å². The molecule has 0 aliphatic rings. The van der Waals surface area contributed by atoms with E-state index in [9.17, 15) is 4.79 Å². The van der Waals surface area contributed by atoms with Crippen LogP contribution in [0.25, 0.3) is 0 Å². The molecule has 4 nitrogen and oxygen atoms in total. The van der Waals surface area contributed by atoms with E-state index in [1.807, 2.05) is 25.2 Å². The van der Waals surface area contributed by atoms with Gasteiger partial charge >= 0.3 is 0 Å². The molecule has 1 aromatic rings. The Kier molecular flexibility index (Phi) is 6.31. The number of thioether (sulfide) groups is 1. The number of amides is 1. The lowest BCUT2D eigenvalue weighted by atomic mass is 9.93. The highest BCUT2D eigenvalue weighted by molar-refractivity contribution is 7.99. The van der Waals surface area contributed by atoms with Crippen LogP contribution >= 0.6 is 11.8 Å². The topological polar surface area (TPSA) is 59.2 Å². The van der Waals surface area contributed by atoms with Crippen LogP contribution in [0.15, 0.2) is 24.4 Å². The highest BCUT2D eigenvalue weighted by Crippen LogP contribution is 2.15. The summed E-state index contributed by atoms with van der Waals surface area (Å²) in [5.41, 5.74) is 6.65.